The Morgan fingerprint density at radius 3 is 2.32 bits per heavy atom. The number of nitrogens with zero attached hydrogens (tertiary/aromatic N) is 3. The molecule has 0 unspecified atom stereocenters. The Hall–Kier alpha value is -1.59. The molecule has 1 saturated carbocycles. The molecule has 3 aliphatic rings. The summed E-state index contributed by atoms with van der Waals surface area (Å²) in [6.45, 7) is 5.35. The summed E-state index contributed by atoms with van der Waals surface area (Å²) in [5, 5.41) is 0.735. The van der Waals surface area contributed by atoms with Crippen molar-refractivity contribution in [2.24, 2.45) is 5.92 Å². The van der Waals surface area contributed by atoms with Crippen molar-refractivity contribution in [2.75, 3.05) is 45.8 Å². The molecule has 152 valence electrons. The highest BCUT2D eigenvalue weighted by Crippen LogP contribution is 2.48. The van der Waals surface area contributed by atoms with E-state index in [1.54, 1.807) is 0 Å². The van der Waals surface area contributed by atoms with Gasteiger partial charge in [0, 0.05) is 50.2 Å². The molecule has 2 saturated heterocycles. The average molecular weight is 404 g/mol. The predicted molar refractivity (Wildman–Crippen MR) is 110 cm³/mol. The van der Waals surface area contributed by atoms with Gasteiger partial charge in [0.2, 0.25) is 11.8 Å². The topological polar surface area (TPSA) is 43.9 Å². The molecule has 1 aromatic carbocycles. The van der Waals surface area contributed by atoms with Gasteiger partial charge in [-0.3, -0.25) is 14.5 Å². The Morgan fingerprint density at radius 2 is 1.64 bits per heavy atom. The van der Waals surface area contributed by atoms with Crippen LogP contribution in [-0.2, 0) is 9.59 Å². The van der Waals surface area contributed by atoms with Crippen molar-refractivity contribution < 1.29 is 9.59 Å². The third-order valence-corrected chi connectivity index (χ3v) is 6.62. The molecule has 1 aromatic rings. The third kappa shape index (κ3) is 4.69. The number of piperazine rings is 1. The molecule has 0 N–H and O–H groups in total. The van der Waals surface area contributed by atoms with Crippen molar-refractivity contribution in [1.82, 2.24) is 14.7 Å². The third-order valence-electron chi connectivity index (χ3n) is 6.39. The zero-order valence-corrected chi connectivity index (χ0v) is 17.2. The van der Waals surface area contributed by atoms with E-state index in [1.807, 2.05) is 28.0 Å². The first-order valence-corrected chi connectivity index (χ1v) is 11.0. The monoisotopic (exact) mass is 403 g/mol. The summed E-state index contributed by atoms with van der Waals surface area (Å²) in [6.07, 6.45) is 5.66. The maximum Gasteiger partial charge on any atom is 0.236 e. The summed E-state index contributed by atoms with van der Waals surface area (Å²) in [5.41, 5.74) is 1.17. The van der Waals surface area contributed by atoms with E-state index in [4.69, 9.17) is 11.6 Å². The summed E-state index contributed by atoms with van der Waals surface area (Å²) in [7, 11) is 0. The van der Waals surface area contributed by atoms with Crippen LogP contribution in [0.2, 0.25) is 5.02 Å². The molecule has 2 heterocycles. The van der Waals surface area contributed by atoms with Crippen LogP contribution in [0.5, 0.6) is 0 Å². The molecule has 2 atom stereocenters. The minimum Gasteiger partial charge on any atom is -0.342 e. The van der Waals surface area contributed by atoms with Gasteiger partial charge in [-0.1, -0.05) is 36.6 Å². The van der Waals surface area contributed by atoms with E-state index in [0.29, 0.717) is 12.5 Å². The van der Waals surface area contributed by atoms with Gasteiger partial charge in [0.1, 0.15) is 0 Å². The highest BCUT2D eigenvalue weighted by atomic mass is 35.5. The summed E-state index contributed by atoms with van der Waals surface area (Å²) in [4.78, 5) is 31.6. The highest BCUT2D eigenvalue weighted by molar-refractivity contribution is 6.30. The number of amides is 2. The first-order valence-electron chi connectivity index (χ1n) is 10.7. The van der Waals surface area contributed by atoms with Crippen LogP contribution in [0.1, 0.15) is 43.6 Å². The van der Waals surface area contributed by atoms with Gasteiger partial charge in [0.05, 0.1) is 6.54 Å². The normalized spacial score (nSPS) is 26.0. The van der Waals surface area contributed by atoms with Gasteiger partial charge in [-0.25, -0.2) is 0 Å². The zero-order chi connectivity index (χ0) is 19.5. The fraction of sp³-hybridized carbons (Fsp3) is 0.636. The second kappa shape index (κ2) is 8.83. The fourth-order valence-corrected chi connectivity index (χ4v) is 4.74. The maximum absolute atomic E-state index is 12.8. The highest BCUT2D eigenvalue weighted by Gasteiger charge is 2.46. The van der Waals surface area contributed by atoms with Gasteiger partial charge in [-0.15, -0.1) is 0 Å². The van der Waals surface area contributed by atoms with E-state index in [9.17, 15) is 9.59 Å². The lowest BCUT2D eigenvalue weighted by molar-refractivity contribution is -0.136. The van der Waals surface area contributed by atoms with Crippen molar-refractivity contribution >= 4 is 23.4 Å². The lowest BCUT2D eigenvalue weighted by Gasteiger charge is -2.35. The lowest BCUT2D eigenvalue weighted by atomic mass is 10.1. The van der Waals surface area contributed by atoms with Gasteiger partial charge >= 0.3 is 0 Å². The minimum atomic E-state index is 0.101. The molecule has 2 amide bonds. The largest absolute Gasteiger partial charge is 0.342 e. The van der Waals surface area contributed by atoms with E-state index >= 15 is 0 Å². The van der Waals surface area contributed by atoms with Crippen LogP contribution >= 0.6 is 11.6 Å². The molecule has 4 rings (SSSR count). The Bertz CT molecular complexity index is 709. The molecule has 1 aliphatic carbocycles. The van der Waals surface area contributed by atoms with Crippen molar-refractivity contribution in [3.63, 3.8) is 0 Å². The van der Waals surface area contributed by atoms with E-state index in [-0.39, 0.29) is 17.7 Å². The van der Waals surface area contributed by atoms with Crippen LogP contribution in [0.4, 0.5) is 0 Å². The van der Waals surface area contributed by atoms with Gasteiger partial charge < -0.3 is 9.80 Å². The molecular formula is C22H30ClN3O2. The van der Waals surface area contributed by atoms with Gasteiger partial charge in [0.25, 0.3) is 0 Å². The Morgan fingerprint density at radius 1 is 0.929 bits per heavy atom. The molecule has 0 radical (unpaired) electrons. The Kier molecular flexibility index (Phi) is 6.22. The number of hydrogen-bond donors (Lipinski definition) is 0. The van der Waals surface area contributed by atoms with Gasteiger partial charge in [0.15, 0.2) is 0 Å². The first-order chi connectivity index (χ1) is 13.6. The Balaban J connectivity index is 1.23. The van der Waals surface area contributed by atoms with Gasteiger partial charge in [-0.05, 0) is 42.9 Å². The zero-order valence-electron chi connectivity index (χ0n) is 16.5. The molecule has 5 nitrogen and oxygen atoms in total. The number of rotatable bonds is 4. The number of carbonyl (C=O) groups is 2. The van der Waals surface area contributed by atoms with Crippen molar-refractivity contribution in [2.45, 2.75) is 38.0 Å². The number of likely N-dealkylation sites (tertiary alicyclic amines) is 1. The maximum atomic E-state index is 12.8. The SMILES string of the molecule is O=C(CN1CCN(C(=O)[C@@H]2C[C@@H]2c2cccc(Cl)c2)CC1)N1CCCCCC1. The quantitative estimate of drug-likeness (QED) is 0.776. The van der Waals surface area contributed by atoms with Crippen molar-refractivity contribution in [1.29, 1.82) is 0 Å². The van der Waals surface area contributed by atoms with Crippen molar-refractivity contribution in [3.05, 3.63) is 34.9 Å². The van der Waals surface area contributed by atoms with Crippen LogP contribution in [0.15, 0.2) is 24.3 Å². The number of carbonyl (C=O) groups excluding carboxylic acids is 2. The standard InChI is InChI=1S/C22H30ClN3O2/c23-18-7-5-6-17(14-18)19-15-20(19)22(28)26-12-10-24(11-13-26)16-21(27)25-8-3-1-2-4-9-25/h5-7,14,19-20H,1-4,8-13,15-16H2/t19-,20-/m1/s1. The van der Waals surface area contributed by atoms with Crippen LogP contribution in [-0.4, -0.2) is 72.3 Å². The fourth-order valence-electron chi connectivity index (χ4n) is 4.55. The van der Waals surface area contributed by atoms with E-state index in [1.165, 1.54) is 18.4 Å². The van der Waals surface area contributed by atoms with Crippen LogP contribution < -0.4 is 0 Å². The van der Waals surface area contributed by atoms with E-state index in [0.717, 1.165) is 63.6 Å². The second-order valence-corrected chi connectivity index (χ2v) is 8.84. The molecule has 0 bridgehead atoms. The molecule has 3 fully saturated rings. The predicted octanol–water partition coefficient (Wildman–Crippen LogP) is 2.99. The van der Waals surface area contributed by atoms with Crippen LogP contribution in [0.25, 0.3) is 0 Å². The molecule has 6 heteroatoms. The van der Waals surface area contributed by atoms with Crippen molar-refractivity contribution in [3.8, 4) is 0 Å². The number of benzene rings is 1. The number of halogens is 1. The average Bonchev–Trinajstić information content (AvgIpc) is 3.52. The molecule has 2 aliphatic heterocycles. The second-order valence-electron chi connectivity index (χ2n) is 8.40. The summed E-state index contributed by atoms with van der Waals surface area (Å²) >= 11 is 6.08. The molecule has 0 spiro atoms. The summed E-state index contributed by atoms with van der Waals surface area (Å²) in [6, 6.07) is 7.87. The van der Waals surface area contributed by atoms with Gasteiger partial charge in [-0.2, -0.15) is 0 Å². The van der Waals surface area contributed by atoms with Crippen LogP contribution in [0.3, 0.4) is 0 Å². The van der Waals surface area contributed by atoms with Crippen LogP contribution in [0, 0.1) is 5.92 Å². The minimum absolute atomic E-state index is 0.101. The lowest BCUT2D eigenvalue weighted by Crippen LogP contribution is -2.52. The molecule has 28 heavy (non-hydrogen) atoms. The van der Waals surface area contributed by atoms with E-state index < -0.39 is 0 Å². The smallest absolute Gasteiger partial charge is 0.236 e. The number of hydrogen-bond acceptors (Lipinski definition) is 3. The summed E-state index contributed by atoms with van der Waals surface area (Å²) in [5.74, 6) is 0.936. The summed E-state index contributed by atoms with van der Waals surface area (Å²) < 4.78 is 0. The Labute approximate surface area is 172 Å². The van der Waals surface area contributed by atoms with E-state index in [2.05, 4.69) is 11.0 Å². The first kappa shape index (κ1) is 19.7. The molecule has 0 aromatic heterocycles. The molecular weight excluding hydrogens is 374 g/mol.